The molecule has 0 aliphatic rings. The van der Waals surface area contributed by atoms with Gasteiger partial charge in [0.25, 0.3) is 5.97 Å². The highest BCUT2D eigenvalue weighted by atomic mass is 16.4. The van der Waals surface area contributed by atoms with Gasteiger partial charge in [-0.3, -0.25) is 4.79 Å². The summed E-state index contributed by atoms with van der Waals surface area (Å²) in [6.07, 6.45) is 0.0922. The van der Waals surface area contributed by atoms with E-state index in [9.17, 15) is 4.79 Å². The fourth-order valence-corrected chi connectivity index (χ4v) is 0.904. The highest BCUT2D eigenvalue weighted by molar-refractivity contribution is 5.62. The first-order chi connectivity index (χ1) is 7.06. The lowest BCUT2D eigenvalue weighted by atomic mass is 10.1. The molecule has 0 aliphatic heterocycles. The first kappa shape index (κ1) is 13.3. The van der Waals surface area contributed by atoms with E-state index >= 15 is 0 Å². The average Bonchev–Trinajstić information content (AvgIpc) is 2.18. The van der Waals surface area contributed by atoms with Crippen LogP contribution in [-0.4, -0.2) is 28.6 Å². The Morgan fingerprint density at radius 2 is 1.87 bits per heavy atom. The first-order valence-electron chi connectivity index (χ1n) is 4.43. The SMILES string of the molecule is CC(=O)O.O=CC(O)Cc1ccccc1. The number of carbonyl (C=O) groups is 2. The number of aliphatic hydroxyl groups is 1. The van der Waals surface area contributed by atoms with Gasteiger partial charge in [0.2, 0.25) is 0 Å². The molecule has 1 unspecified atom stereocenters. The summed E-state index contributed by atoms with van der Waals surface area (Å²) in [5.41, 5.74) is 0.979. The normalized spacial score (nSPS) is 10.8. The molecule has 0 radical (unpaired) electrons. The van der Waals surface area contributed by atoms with Gasteiger partial charge in [0, 0.05) is 13.3 Å². The van der Waals surface area contributed by atoms with Crippen molar-refractivity contribution in [3.05, 3.63) is 35.9 Å². The van der Waals surface area contributed by atoms with Crippen LogP contribution in [-0.2, 0) is 16.0 Å². The Kier molecular flexibility index (Phi) is 6.84. The minimum absolute atomic E-state index is 0.407. The molecule has 0 saturated carbocycles. The lowest BCUT2D eigenvalue weighted by Crippen LogP contribution is -2.10. The third-order valence-corrected chi connectivity index (χ3v) is 1.44. The molecule has 82 valence electrons. The zero-order valence-corrected chi connectivity index (χ0v) is 8.46. The third kappa shape index (κ3) is 8.64. The number of benzene rings is 1. The monoisotopic (exact) mass is 210 g/mol. The third-order valence-electron chi connectivity index (χ3n) is 1.44. The standard InChI is InChI=1S/C9H10O2.C2H4O2/c10-7-9(11)6-8-4-2-1-3-5-8;1-2(3)4/h1-5,7,9,11H,6H2;1H3,(H,3,4). The number of aliphatic carboxylic acids is 1. The second-order valence-corrected chi connectivity index (χ2v) is 2.91. The van der Waals surface area contributed by atoms with Crippen LogP contribution in [0, 0.1) is 0 Å². The number of rotatable bonds is 3. The highest BCUT2D eigenvalue weighted by Gasteiger charge is 2.01. The van der Waals surface area contributed by atoms with E-state index in [-0.39, 0.29) is 0 Å². The number of hydrogen-bond acceptors (Lipinski definition) is 3. The number of hydrogen-bond donors (Lipinski definition) is 2. The molecular weight excluding hydrogens is 196 g/mol. The van der Waals surface area contributed by atoms with Gasteiger partial charge in [-0.15, -0.1) is 0 Å². The average molecular weight is 210 g/mol. The lowest BCUT2D eigenvalue weighted by Gasteiger charge is -2.01. The second kappa shape index (κ2) is 7.70. The maximum Gasteiger partial charge on any atom is 0.300 e. The van der Waals surface area contributed by atoms with Crippen molar-refractivity contribution in [1.82, 2.24) is 0 Å². The van der Waals surface area contributed by atoms with Crippen LogP contribution in [0.25, 0.3) is 0 Å². The lowest BCUT2D eigenvalue weighted by molar-refractivity contribution is -0.134. The highest BCUT2D eigenvalue weighted by Crippen LogP contribution is 2.00. The van der Waals surface area contributed by atoms with Gasteiger partial charge in [-0.05, 0) is 5.56 Å². The quantitative estimate of drug-likeness (QED) is 0.726. The topological polar surface area (TPSA) is 74.6 Å². The Morgan fingerprint density at radius 1 is 1.40 bits per heavy atom. The van der Waals surface area contributed by atoms with Gasteiger partial charge < -0.3 is 15.0 Å². The minimum atomic E-state index is -0.864. The largest absolute Gasteiger partial charge is 0.481 e. The summed E-state index contributed by atoms with van der Waals surface area (Å²) in [4.78, 5) is 19.1. The van der Waals surface area contributed by atoms with Crippen LogP contribution in [0.15, 0.2) is 30.3 Å². The van der Waals surface area contributed by atoms with E-state index in [1.54, 1.807) is 0 Å². The van der Waals surface area contributed by atoms with Gasteiger partial charge in [0.15, 0.2) is 0 Å². The minimum Gasteiger partial charge on any atom is -0.481 e. The van der Waals surface area contributed by atoms with Gasteiger partial charge >= 0.3 is 0 Å². The summed E-state index contributed by atoms with van der Waals surface area (Å²) in [6.45, 7) is 1.08. The van der Waals surface area contributed by atoms with Crippen molar-refractivity contribution in [2.45, 2.75) is 19.4 Å². The van der Waals surface area contributed by atoms with Crippen molar-refractivity contribution < 1.29 is 19.8 Å². The van der Waals surface area contributed by atoms with Gasteiger partial charge in [-0.2, -0.15) is 0 Å². The summed E-state index contributed by atoms with van der Waals surface area (Å²) < 4.78 is 0. The van der Waals surface area contributed by atoms with Gasteiger partial charge in [0.05, 0.1) is 0 Å². The molecule has 0 saturated heterocycles. The maximum absolute atomic E-state index is 10.1. The van der Waals surface area contributed by atoms with Crippen molar-refractivity contribution in [3.63, 3.8) is 0 Å². The fraction of sp³-hybridized carbons (Fsp3) is 0.273. The van der Waals surface area contributed by atoms with Crippen LogP contribution in [0.1, 0.15) is 12.5 Å². The van der Waals surface area contributed by atoms with Gasteiger partial charge in [-0.25, -0.2) is 0 Å². The van der Waals surface area contributed by atoms with E-state index in [1.807, 2.05) is 30.3 Å². The van der Waals surface area contributed by atoms with E-state index < -0.39 is 12.1 Å². The molecule has 15 heavy (non-hydrogen) atoms. The summed E-state index contributed by atoms with van der Waals surface area (Å²) in [6, 6.07) is 9.43. The van der Waals surface area contributed by atoms with E-state index in [0.717, 1.165) is 12.5 Å². The van der Waals surface area contributed by atoms with E-state index in [1.165, 1.54) is 0 Å². The predicted octanol–water partition coefficient (Wildman–Crippen LogP) is 0.880. The zero-order valence-electron chi connectivity index (χ0n) is 8.46. The Morgan fingerprint density at radius 3 is 2.27 bits per heavy atom. The Labute approximate surface area is 88.2 Å². The van der Waals surface area contributed by atoms with Crippen molar-refractivity contribution in [2.24, 2.45) is 0 Å². The molecule has 0 heterocycles. The van der Waals surface area contributed by atoms with Crippen molar-refractivity contribution in [2.75, 3.05) is 0 Å². The number of carboxylic acids is 1. The number of aldehydes is 1. The van der Waals surface area contributed by atoms with Gasteiger partial charge in [-0.1, -0.05) is 30.3 Å². The van der Waals surface area contributed by atoms with Crippen LogP contribution in [0.5, 0.6) is 0 Å². The second-order valence-electron chi connectivity index (χ2n) is 2.91. The molecule has 2 N–H and O–H groups in total. The molecule has 1 aromatic rings. The number of carbonyl (C=O) groups excluding carboxylic acids is 1. The summed E-state index contributed by atoms with van der Waals surface area (Å²) in [5, 5.41) is 16.4. The molecule has 0 bridgehead atoms. The van der Waals surface area contributed by atoms with Gasteiger partial charge in [0.1, 0.15) is 12.4 Å². The molecule has 4 heteroatoms. The molecule has 0 aromatic heterocycles. The molecule has 0 spiro atoms. The van der Waals surface area contributed by atoms with E-state index in [4.69, 9.17) is 15.0 Å². The summed E-state index contributed by atoms with van der Waals surface area (Å²) in [5.74, 6) is -0.833. The molecule has 0 fully saturated rings. The molecule has 0 aliphatic carbocycles. The van der Waals surface area contributed by atoms with E-state index in [2.05, 4.69) is 0 Å². The fourth-order valence-electron chi connectivity index (χ4n) is 0.904. The van der Waals surface area contributed by atoms with Crippen LogP contribution in [0.2, 0.25) is 0 Å². The van der Waals surface area contributed by atoms with Crippen LogP contribution in [0.4, 0.5) is 0 Å². The summed E-state index contributed by atoms with van der Waals surface area (Å²) >= 11 is 0. The first-order valence-corrected chi connectivity index (χ1v) is 4.43. The molecule has 1 aromatic carbocycles. The van der Waals surface area contributed by atoms with Crippen molar-refractivity contribution in [3.8, 4) is 0 Å². The molecule has 4 nitrogen and oxygen atoms in total. The molecular formula is C11H14O4. The number of aliphatic hydroxyl groups excluding tert-OH is 1. The van der Waals surface area contributed by atoms with Crippen LogP contribution in [0.3, 0.4) is 0 Å². The Balaban J connectivity index is 0.000000423. The van der Waals surface area contributed by atoms with Crippen LogP contribution < -0.4 is 0 Å². The maximum atomic E-state index is 10.1. The van der Waals surface area contributed by atoms with Crippen molar-refractivity contribution in [1.29, 1.82) is 0 Å². The van der Waals surface area contributed by atoms with Crippen LogP contribution >= 0.6 is 0 Å². The smallest absolute Gasteiger partial charge is 0.300 e. The number of carboxylic acid groups (broad SMARTS) is 1. The van der Waals surface area contributed by atoms with E-state index in [0.29, 0.717) is 12.7 Å². The van der Waals surface area contributed by atoms with Crippen molar-refractivity contribution >= 4 is 12.3 Å². The molecule has 0 amide bonds. The molecule has 1 rings (SSSR count). The molecule has 1 atom stereocenters. The Bertz CT molecular complexity index is 291. The summed E-state index contributed by atoms with van der Waals surface area (Å²) in [7, 11) is 0. The Hall–Kier alpha value is -1.68. The zero-order chi connectivity index (χ0) is 11.7. The predicted molar refractivity (Wildman–Crippen MR) is 55.5 cm³/mol.